The Bertz CT molecular complexity index is 983. The Kier molecular flexibility index (Phi) is 4.17. The number of nitrogens with zero attached hydrogens (tertiary/aromatic N) is 2. The lowest BCUT2D eigenvalue weighted by Crippen LogP contribution is -2.42. The number of amides is 2. The number of pyridine rings is 1. The van der Waals surface area contributed by atoms with Crippen LogP contribution in [0.3, 0.4) is 0 Å². The molecule has 1 aromatic carbocycles. The summed E-state index contributed by atoms with van der Waals surface area (Å²) in [5.41, 5.74) is 0.413. The topological polar surface area (TPSA) is 91.6 Å². The van der Waals surface area contributed by atoms with Crippen LogP contribution in [-0.4, -0.2) is 39.7 Å². The zero-order chi connectivity index (χ0) is 19.2. The van der Waals surface area contributed by atoms with Crippen molar-refractivity contribution in [1.29, 1.82) is 0 Å². The molecule has 0 spiro atoms. The van der Waals surface area contributed by atoms with Crippen molar-refractivity contribution in [3.8, 4) is 0 Å². The third-order valence-corrected chi connectivity index (χ3v) is 6.22. The summed E-state index contributed by atoms with van der Waals surface area (Å²) >= 11 is 0. The maximum absolute atomic E-state index is 12.6. The molecule has 0 unspecified atom stereocenters. The number of rotatable bonds is 3. The second kappa shape index (κ2) is 6.40. The summed E-state index contributed by atoms with van der Waals surface area (Å²) in [5, 5.41) is 13.4. The van der Waals surface area contributed by atoms with Crippen molar-refractivity contribution in [2.24, 2.45) is 18.4 Å². The molecule has 2 heterocycles. The van der Waals surface area contributed by atoms with Gasteiger partial charge in [0.05, 0.1) is 10.9 Å². The third-order valence-electron chi connectivity index (χ3n) is 6.22. The standard InChI is InChI=1S/C20H23N3O4/c1-22-16-7-3-2-5-13(16)9-14(17(22)24)10-21-19(27)23-11-15-6-4-8-20(15,12-23)18(25)26/h2-3,5,7,9,15H,4,6,8,10-12H2,1H3,(H,21,27)(H,25,26)/t15-,20+/m0/s1. The van der Waals surface area contributed by atoms with E-state index in [1.54, 1.807) is 22.6 Å². The van der Waals surface area contributed by atoms with Gasteiger partial charge in [0.15, 0.2) is 0 Å². The number of carbonyl (C=O) groups is 2. The second-order valence-electron chi connectivity index (χ2n) is 7.68. The second-order valence-corrected chi connectivity index (χ2v) is 7.68. The zero-order valence-electron chi connectivity index (χ0n) is 15.3. The fourth-order valence-electron chi connectivity index (χ4n) is 4.69. The molecule has 0 radical (unpaired) electrons. The van der Waals surface area contributed by atoms with Gasteiger partial charge in [-0.3, -0.25) is 9.59 Å². The van der Waals surface area contributed by atoms with Gasteiger partial charge in [-0.2, -0.15) is 0 Å². The summed E-state index contributed by atoms with van der Waals surface area (Å²) in [6.07, 6.45) is 2.38. The lowest BCUT2D eigenvalue weighted by Gasteiger charge is -2.23. The van der Waals surface area contributed by atoms with Crippen molar-refractivity contribution in [2.45, 2.75) is 25.8 Å². The summed E-state index contributed by atoms with van der Waals surface area (Å²) < 4.78 is 1.58. The highest BCUT2D eigenvalue weighted by atomic mass is 16.4. The van der Waals surface area contributed by atoms with Gasteiger partial charge in [-0.15, -0.1) is 0 Å². The van der Waals surface area contributed by atoms with Crippen LogP contribution < -0.4 is 10.9 Å². The number of likely N-dealkylation sites (tertiary alicyclic amines) is 1. The fraction of sp³-hybridized carbons (Fsp3) is 0.450. The minimum Gasteiger partial charge on any atom is -0.481 e. The van der Waals surface area contributed by atoms with E-state index >= 15 is 0 Å². The number of carboxylic acid groups (broad SMARTS) is 1. The summed E-state index contributed by atoms with van der Waals surface area (Å²) in [6.45, 7) is 0.833. The molecule has 1 aromatic heterocycles. The molecule has 2 atom stereocenters. The predicted molar refractivity (Wildman–Crippen MR) is 100 cm³/mol. The number of hydrogen-bond donors (Lipinski definition) is 2. The molecule has 2 fully saturated rings. The number of para-hydroxylation sites is 1. The highest BCUT2D eigenvalue weighted by Gasteiger charge is 2.55. The van der Waals surface area contributed by atoms with E-state index in [4.69, 9.17) is 0 Å². The van der Waals surface area contributed by atoms with Gasteiger partial charge < -0.3 is 19.9 Å². The summed E-state index contributed by atoms with van der Waals surface area (Å²) in [6, 6.07) is 9.09. The predicted octanol–water partition coefficient (Wildman–Crippen LogP) is 1.93. The highest BCUT2D eigenvalue weighted by Crippen LogP contribution is 2.48. The van der Waals surface area contributed by atoms with Crippen LogP contribution in [0.25, 0.3) is 10.9 Å². The Morgan fingerprint density at radius 1 is 1.33 bits per heavy atom. The fourth-order valence-corrected chi connectivity index (χ4v) is 4.69. The van der Waals surface area contributed by atoms with Crippen LogP contribution in [-0.2, 0) is 18.4 Å². The third kappa shape index (κ3) is 2.78. The SMILES string of the molecule is Cn1c(=O)c(CNC(=O)N2C[C@@H]3CCC[C@@]3(C(=O)O)C2)cc2ccccc21. The van der Waals surface area contributed by atoms with Crippen LogP contribution in [0.15, 0.2) is 35.1 Å². The smallest absolute Gasteiger partial charge is 0.317 e. The number of hydrogen-bond acceptors (Lipinski definition) is 3. The molecule has 2 aromatic rings. The van der Waals surface area contributed by atoms with E-state index in [0.29, 0.717) is 18.5 Å². The number of nitrogens with one attached hydrogen (secondary N) is 1. The van der Waals surface area contributed by atoms with Crippen LogP contribution >= 0.6 is 0 Å². The first-order chi connectivity index (χ1) is 12.9. The average Bonchev–Trinajstić information content (AvgIpc) is 3.22. The van der Waals surface area contributed by atoms with Gasteiger partial charge in [0.2, 0.25) is 0 Å². The van der Waals surface area contributed by atoms with Crippen LogP contribution in [0.4, 0.5) is 4.79 Å². The minimum atomic E-state index is -0.802. The van der Waals surface area contributed by atoms with Crippen LogP contribution in [0.1, 0.15) is 24.8 Å². The lowest BCUT2D eigenvalue weighted by atomic mass is 9.81. The van der Waals surface area contributed by atoms with E-state index < -0.39 is 11.4 Å². The Hall–Kier alpha value is -2.83. The lowest BCUT2D eigenvalue weighted by molar-refractivity contribution is -0.149. The molecule has 2 aliphatic rings. The van der Waals surface area contributed by atoms with Crippen LogP contribution in [0.2, 0.25) is 0 Å². The van der Waals surface area contributed by atoms with E-state index in [1.165, 1.54) is 0 Å². The molecule has 2 N–H and O–H groups in total. The van der Waals surface area contributed by atoms with Gasteiger partial charge in [-0.05, 0) is 36.3 Å². The first kappa shape index (κ1) is 17.6. The van der Waals surface area contributed by atoms with Crippen molar-refractivity contribution in [3.63, 3.8) is 0 Å². The van der Waals surface area contributed by atoms with Gasteiger partial charge >= 0.3 is 12.0 Å². The molecule has 7 heteroatoms. The molecule has 7 nitrogen and oxygen atoms in total. The van der Waals surface area contributed by atoms with Crippen molar-refractivity contribution in [3.05, 3.63) is 46.2 Å². The van der Waals surface area contributed by atoms with Crippen molar-refractivity contribution in [2.75, 3.05) is 13.1 Å². The maximum atomic E-state index is 12.6. The first-order valence-electron chi connectivity index (χ1n) is 9.26. The number of aryl methyl sites for hydroxylation is 1. The van der Waals surface area contributed by atoms with Crippen molar-refractivity contribution < 1.29 is 14.7 Å². The van der Waals surface area contributed by atoms with Gasteiger partial charge in [-0.1, -0.05) is 24.6 Å². The molecule has 27 heavy (non-hydrogen) atoms. The number of aliphatic carboxylic acids is 1. The van der Waals surface area contributed by atoms with Gasteiger partial charge in [0, 0.05) is 32.2 Å². The van der Waals surface area contributed by atoms with E-state index in [2.05, 4.69) is 5.32 Å². The Morgan fingerprint density at radius 2 is 2.11 bits per heavy atom. The summed E-state index contributed by atoms with van der Waals surface area (Å²) in [4.78, 5) is 38.5. The van der Waals surface area contributed by atoms with E-state index in [0.717, 1.165) is 23.7 Å². The first-order valence-corrected chi connectivity index (χ1v) is 9.26. The van der Waals surface area contributed by atoms with Gasteiger partial charge in [-0.25, -0.2) is 4.79 Å². The number of fused-ring (bicyclic) bond motifs is 2. The average molecular weight is 369 g/mol. The molecule has 1 aliphatic carbocycles. The number of carboxylic acids is 1. The molecule has 0 bridgehead atoms. The number of urea groups is 1. The highest BCUT2D eigenvalue weighted by molar-refractivity contribution is 5.81. The molecule has 1 saturated carbocycles. The summed E-state index contributed by atoms with van der Waals surface area (Å²) in [5.74, 6) is -0.780. The van der Waals surface area contributed by atoms with E-state index in [-0.39, 0.29) is 30.6 Å². The monoisotopic (exact) mass is 369 g/mol. The molecule has 1 aliphatic heterocycles. The molecule has 142 valence electrons. The Labute approximate surface area is 156 Å². The van der Waals surface area contributed by atoms with E-state index in [9.17, 15) is 19.5 Å². The molecular formula is C20H23N3O4. The normalized spacial score (nSPS) is 24.2. The van der Waals surface area contributed by atoms with Crippen LogP contribution in [0, 0.1) is 11.3 Å². The van der Waals surface area contributed by atoms with Gasteiger partial charge in [0.25, 0.3) is 5.56 Å². The largest absolute Gasteiger partial charge is 0.481 e. The molecule has 1 saturated heterocycles. The summed E-state index contributed by atoms with van der Waals surface area (Å²) in [7, 11) is 1.72. The number of aromatic nitrogens is 1. The maximum Gasteiger partial charge on any atom is 0.317 e. The quantitative estimate of drug-likeness (QED) is 0.865. The number of benzene rings is 1. The van der Waals surface area contributed by atoms with Crippen LogP contribution in [0.5, 0.6) is 0 Å². The molecular weight excluding hydrogens is 346 g/mol. The Morgan fingerprint density at radius 3 is 2.85 bits per heavy atom. The molecule has 4 rings (SSSR count). The number of carbonyl (C=O) groups excluding carboxylic acids is 1. The van der Waals surface area contributed by atoms with Crippen molar-refractivity contribution in [1.82, 2.24) is 14.8 Å². The minimum absolute atomic E-state index is 0.0225. The zero-order valence-corrected chi connectivity index (χ0v) is 15.3. The van der Waals surface area contributed by atoms with Crippen molar-refractivity contribution >= 4 is 22.9 Å². The van der Waals surface area contributed by atoms with E-state index in [1.807, 2.05) is 24.3 Å². The molecule has 2 amide bonds. The van der Waals surface area contributed by atoms with Gasteiger partial charge in [0.1, 0.15) is 0 Å². The Balaban J connectivity index is 1.49.